The lowest BCUT2D eigenvalue weighted by Gasteiger charge is -2.20. The van der Waals surface area contributed by atoms with Crippen LogP contribution in [0, 0.1) is 23.0 Å². The zero-order chi connectivity index (χ0) is 27.8. The molecule has 0 unspecified atom stereocenters. The van der Waals surface area contributed by atoms with Gasteiger partial charge in [0.05, 0.1) is 0 Å². The average molecular weight is 545 g/mol. The number of hydrogen-bond donors (Lipinski definition) is 0. The Morgan fingerprint density at radius 1 is 0.450 bits per heavy atom. The Balaban J connectivity index is 1.43. The predicted molar refractivity (Wildman–Crippen MR) is 151 cm³/mol. The summed E-state index contributed by atoms with van der Waals surface area (Å²) in [5, 5.41) is 19.5. The molecule has 0 amide bonds. The Kier molecular flexibility index (Phi) is 7.79. The molecule has 0 aliphatic rings. The van der Waals surface area contributed by atoms with Gasteiger partial charge in [-0.2, -0.15) is 0 Å². The first kappa shape index (κ1) is 26.1. The van der Waals surface area contributed by atoms with Crippen molar-refractivity contribution in [3.8, 4) is 47.0 Å². The molecule has 0 aliphatic carbocycles. The van der Waals surface area contributed by atoms with Gasteiger partial charge in [0.25, 0.3) is 12.5 Å². The second kappa shape index (κ2) is 11.9. The quantitative estimate of drug-likeness (QED) is 0.152. The Bertz CT molecular complexity index is 1630. The van der Waals surface area contributed by atoms with Crippen molar-refractivity contribution in [1.29, 1.82) is 10.5 Å². The SMILES string of the molecule is N#COc1cccc(Oc2ccc(P(=O)(c3ccccc3)c3ccc(Oc4cccc(OC#N)c4)cc3)cc2)c1. The molecule has 0 heterocycles. The van der Waals surface area contributed by atoms with Gasteiger partial charge >= 0.3 is 0 Å². The van der Waals surface area contributed by atoms with Crippen LogP contribution in [0.4, 0.5) is 0 Å². The van der Waals surface area contributed by atoms with Crippen LogP contribution in [0.15, 0.2) is 127 Å². The van der Waals surface area contributed by atoms with Crippen LogP contribution in [0.5, 0.6) is 34.5 Å². The summed E-state index contributed by atoms with van der Waals surface area (Å²) in [6, 6.07) is 37.1. The number of ether oxygens (including phenoxy) is 4. The summed E-state index contributed by atoms with van der Waals surface area (Å²) < 4.78 is 36.4. The van der Waals surface area contributed by atoms with Gasteiger partial charge in [0.15, 0.2) is 7.14 Å². The van der Waals surface area contributed by atoms with Crippen LogP contribution in [0.2, 0.25) is 0 Å². The lowest BCUT2D eigenvalue weighted by Crippen LogP contribution is -2.24. The van der Waals surface area contributed by atoms with E-state index in [-0.39, 0.29) is 0 Å². The third-order valence-corrected chi connectivity index (χ3v) is 9.01. The van der Waals surface area contributed by atoms with E-state index in [1.165, 1.54) is 0 Å². The van der Waals surface area contributed by atoms with Crippen LogP contribution in [0.3, 0.4) is 0 Å². The normalized spacial score (nSPS) is 10.6. The molecule has 0 saturated heterocycles. The maximum absolute atomic E-state index is 14.8. The molecule has 0 radical (unpaired) electrons. The number of rotatable bonds is 9. The molecule has 0 spiro atoms. The van der Waals surface area contributed by atoms with Gasteiger partial charge in [0.2, 0.25) is 0 Å². The molecule has 0 atom stereocenters. The van der Waals surface area contributed by atoms with Crippen molar-refractivity contribution in [1.82, 2.24) is 0 Å². The fourth-order valence-corrected chi connectivity index (χ4v) is 6.74. The highest BCUT2D eigenvalue weighted by Crippen LogP contribution is 2.43. The van der Waals surface area contributed by atoms with E-state index in [1.54, 1.807) is 110 Å². The Labute approximate surface area is 231 Å². The topological polar surface area (TPSA) is 102 Å². The largest absolute Gasteiger partial charge is 0.457 e. The maximum atomic E-state index is 14.8. The first-order chi connectivity index (χ1) is 19.6. The van der Waals surface area contributed by atoms with Crippen LogP contribution >= 0.6 is 7.14 Å². The number of benzene rings is 5. The van der Waals surface area contributed by atoms with Gasteiger partial charge in [-0.05, 0) is 72.8 Å². The zero-order valence-electron chi connectivity index (χ0n) is 21.0. The lowest BCUT2D eigenvalue weighted by molar-refractivity contribution is 0.468. The third-order valence-electron chi connectivity index (χ3n) is 5.93. The van der Waals surface area contributed by atoms with E-state index in [0.29, 0.717) is 50.4 Å². The minimum atomic E-state index is -3.24. The Hall–Kier alpha value is -5.49. The van der Waals surface area contributed by atoms with Crippen LogP contribution in [0.25, 0.3) is 0 Å². The van der Waals surface area contributed by atoms with Crippen molar-refractivity contribution in [2.45, 2.75) is 0 Å². The van der Waals surface area contributed by atoms with E-state index in [4.69, 9.17) is 29.5 Å². The van der Waals surface area contributed by atoms with Gasteiger partial charge in [0.1, 0.15) is 34.5 Å². The predicted octanol–water partition coefficient (Wildman–Crippen LogP) is 6.63. The summed E-state index contributed by atoms with van der Waals surface area (Å²) >= 11 is 0. The fourth-order valence-electron chi connectivity index (χ4n) is 4.11. The summed E-state index contributed by atoms with van der Waals surface area (Å²) in [7, 11) is -3.24. The highest BCUT2D eigenvalue weighted by atomic mass is 31.2. The highest BCUT2D eigenvalue weighted by molar-refractivity contribution is 7.85. The van der Waals surface area contributed by atoms with E-state index in [1.807, 2.05) is 30.3 Å². The standard InChI is InChI=1S/C32H21N2O5P/c33-22-36-26-6-4-8-28(20-26)38-24-12-16-31(17-13-24)40(35,30-10-2-1-3-11-30)32-18-14-25(15-19-32)39-29-9-5-7-27(21-29)37-23-34/h1-21H. The molecule has 0 bridgehead atoms. The van der Waals surface area contributed by atoms with Crippen molar-refractivity contribution in [3.63, 3.8) is 0 Å². The van der Waals surface area contributed by atoms with Gasteiger partial charge in [0, 0.05) is 28.0 Å². The van der Waals surface area contributed by atoms with Gasteiger partial charge in [-0.3, -0.25) is 0 Å². The van der Waals surface area contributed by atoms with Gasteiger partial charge in [-0.25, -0.2) is 0 Å². The van der Waals surface area contributed by atoms with Crippen molar-refractivity contribution >= 4 is 23.1 Å². The molecule has 5 aromatic rings. The molecule has 5 rings (SSSR count). The molecule has 0 saturated carbocycles. The molecule has 5 aromatic carbocycles. The second-order valence-electron chi connectivity index (χ2n) is 8.47. The molecule has 0 fully saturated rings. The number of nitriles is 2. The van der Waals surface area contributed by atoms with Crippen LogP contribution in [0.1, 0.15) is 0 Å². The summed E-state index contributed by atoms with van der Waals surface area (Å²) in [6.45, 7) is 0. The zero-order valence-corrected chi connectivity index (χ0v) is 21.9. The summed E-state index contributed by atoms with van der Waals surface area (Å²) in [5.41, 5.74) is 0. The molecule has 0 aromatic heterocycles. The molecule has 194 valence electrons. The maximum Gasteiger partial charge on any atom is 0.292 e. The number of hydrogen-bond acceptors (Lipinski definition) is 7. The van der Waals surface area contributed by atoms with Crippen molar-refractivity contribution in [2.24, 2.45) is 0 Å². The summed E-state index contributed by atoms with van der Waals surface area (Å²) in [4.78, 5) is 0. The molecule has 7 nitrogen and oxygen atoms in total. The van der Waals surface area contributed by atoms with Crippen LogP contribution in [-0.4, -0.2) is 0 Å². The molecular weight excluding hydrogens is 523 g/mol. The Morgan fingerprint density at radius 2 is 0.850 bits per heavy atom. The molecular formula is C32H21N2O5P. The smallest absolute Gasteiger partial charge is 0.292 e. The first-order valence-corrected chi connectivity index (χ1v) is 13.8. The minimum absolute atomic E-state index is 0.376. The van der Waals surface area contributed by atoms with Crippen LogP contribution in [-0.2, 0) is 4.57 Å². The fraction of sp³-hybridized carbons (Fsp3) is 0. The second-order valence-corrected chi connectivity index (χ2v) is 11.2. The lowest BCUT2D eigenvalue weighted by atomic mass is 10.3. The van der Waals surface area contributed by atoms with Crippen molar-refractivity contribution in [2.75, 3.05) is 0 Å². The average Bonchev–Trinajstić information content (AvgIpc) is 2.99. The van der Waals surface area contributed by atoms with E-state index < -0.39 is 7.14 Å². The third kappa shape index (κ3) is 5.81. The van der Waals surface area contributed by atoms with Gasteiger partial charge < -0.3 is 23.5 Å². The van der Waals surface area contributed by atoms with Gasteiger partial charge in [-0.1, -0.05) is 42.5 Å². The van der Waals surface area contributed by atoms with Crippen LogP contribution < -0.4 is 34.9 Å². The minimum Gasteiger partial charge on any atom is -0.457 e. The van der Waals surface area contributed by atoms with E-state index in [2.05, 4.69) is 0 Å². The number of nitrogens with zero attached hydrogens (tertiary/aromatic N) is 2. The van der Waals surface area contributed by atoms with Gasteiger partial charge in [-0.15, -0.1) is 10.5 Å². The Morgan fingerprint density at radius 3 is 1.27 bits per heavy atom. The van der Waals surface area contributed by atoms with Crippen molar-refractivity contribution in [3.05, 3.63) is 127 Å². The van der Waals surface area contributed by atoms with E-state index >= 15 is 0 Å². The monoisotopic (exact) mass is 544 g/mol. The van der Waals surface area contributed by atoms with E-state index in [9.17, 15) is 4.57 Å². The molecule has 40 heavy (non-hydrogen) atoms. The highest BCUT2D eigenvalue weighted by Gasteiger charge is 2.29. The molecule has 0 N–H and O–H groups in total. The summed E-state index contributed by atoms with van der Waals surface area (Å²) in [6.07, 6.45) is 3.28. The van der Waals surface area contributed by atoms with Crippen molar-refractivity contribution < 1.29 is 23.5 Å². The first-order valence-electron chi connectivity index (χ1n) is 12.1. The van der Waals surface area contributed by atoms with E-state index in [0.717, 1.165) is 0 Å². The molecule has 0 aliphatic heterocycles. The summed E-state index contributed by atoms with van der Waals surface area (Å²) in [5.74, 6) is 2.86. The molecule has 8 heteroatoms.